The number of pyridine rings is 1. The molecule has 0 saturated carbocycles. The van der Waals surface area contributed by atoms with Gasteiger partial charge in [-0.3, -0.25) is 9.48 Å². The number of carbonyl (C=O) groups excluding carboxylic acids is 1. The van der Waals surface area contributed by atoms with Gasteiger partial charge in [0.2, 0.25) is 5.91 Å². The second-order valence-electron chi connectivity index (χ2n) is 7.36. The first-order valence-electron chi connectivity index (χ1n) is 9.59. The van der Waals surface area contributed by atoms with Crippen LogP contribution in [-0.2, 0) is 24.1 Å². The Morgan fingerprint density at radius 2 is 2.00 bits per heavy atom. The van der Waals surface area contributed by atoms with E-state index in [4.69, 9.17) is 11.6 Å². The Morgan fingerprint density at radius 3 is 2.72 bits per heavy atom. The number of benzene rings is 1. The molecule has 0 aliphatic heterocycles. The van der Waals surface area contributed by atoms with Crippen molar-refractivity contribution in [1.82, 2.24) is 24.5 Å². The van der Waals surface area contributed by atoms with Gasteiger partial charge in [0.15, 0.2) is 5.65 Å². The third-order valence-electron chi connectivity index (χ3n) is 4.75. The summed E-state index contributed by atoms with van der Waals surface area (Å²) in [5, 5.41) is 11.5. The largest absolute Gasteiger partial charge is 0.417 e. The van der Waals surface area contributed by atoms with Gasteiger partial charge in [-0.1, -0.05) is 23.7 Å². The molecule has 4 aromatic rings. The minimum atomic E-state index is -4.55. The molecule has 1 amide bonds. The van der Waals surface area contributed by atoms with Crippen LogP contribution in [0.4, 0.5) is 18.9 Å². The molecule has 1 aromatic carbocycles. The van der Waals surface area contributed by atoms with Crippen molar-refractivity contribution in [2.45, 2.75) is 33.1 Å². The lowest BCUT2D eigenvalue weighted by Gasteiger charge is -2.10. The number of aromatic nitrogens is 5. The summed E-state index contributed by atoms with van der Waals surface area (Å²) in [6.45, 7) is 3.10. The number of nitrogens with zero attached hydrogens (tertiary/aromatic N) is 5. The number of halogens is 4. The van der Waals surface area contributed by atoms with Gasteiger partial charge in [-0.2, -0.15) is 23.4 Å². The van der Waals surface area contributed by atoms with E-state index in [9.17, 15) is 18.0 Å². The van der Waals surface area contributed by atoms with Crippen molar-refractivity contribution in [2.75, 3.05) is 5.32 Å². The SMILES string of the molecule is Cc1cc(C(F)(F)F)c2c(C)nn(CC(=O)Nc3cnn(Cc4cccc(Cl)c4)c3)c2n1. The van der Waals surface area contributed by atoms with Crippen LogP contribution in [0.25, 0.3) is 11.0 Å². The summed E-state index contributed by atoms with van der Waals surface area (Å²) in [6.07, 6.45) is -1.42. The summed E-state index contributed by atoms with van der Waals surface area (Å²) >= 11 is 5.99. The molecule has 11 heteroatoms. The van der Waals surface area contributed by atoms with Crippen LogP contribution in [0.3, 0.4) is 0 Å². The molecule has 0 radical (unpaired) electrons. The van der Waals surface area contributed by atoms with Gasteiger partial charge in [-0.05, 0) is 37.6 Å². The molecule has 0 aliphatic rings. The molecule has 0 unspecified atom stereocenters. The molecule has 166 valence electrons. The van der Waals surface area contributed by atoms with Crippen molar-refractivity contribution in [2.24, 2.45) is 0 Å². The zero-order valence-electron chi connectivity index (χ0n) is 17.1. The highest BCUT2D eigenvalue weighted by Crippen LogP contribution is 2.36. The van der Waals surface area contributed by atoms with Crippen molar-refractivity contribution >= 4 is 34.2 Å². The number of aryl methyl sites for hydroxylation is 2. The van der Waals surface area contributed by atoms with Gasteiger partial charge in [-0.25, -0.2) is 9.67 Å². The Labute approximate surface area is 185 Å². The Bertz CT molecular complexity index is 1310. The van der Waals surface area contributed by atoms with Crippen molar-refractivity contribution in [1.29, 1.82) is 0 Å². The molecule has 0 atom stereocenters. The first-order chi connectivity index (χ1) is 15.1. The molecule has 4 rings (SSSR count). The van der Waals surface area contributed by atoms with Crippen LogP contribution in [0.15, 0.2) is 42.7 Å². The van der Waals surface area contributed by atoms with E-state index >= 15 is 0 Å². The molecular formula is C21H18ClF3N6O. The summed E-state index contributed by atoms with van der Waals surface area (Å²) in [6, 6.07) is 8.31. The predicted octanol–water partition coefficient (Wildman–Crippen LogP) is 4.60. The average molecular weight is 463 g/mol. The molecule has 0 spiro atoms. The van der Waals surface area contributed by atoms with Crippen molar-refractivity contribution in [3.8, 4) is 0 Å². The summed E-state index contributed by atoms with van der Waals surface area (Å²) in [4.78, 5) is 16.7. The van der Waals surface area contributed by atoms with Gasteiger partial charge in [0.25, 0.3) is 0 Å². The quantitative estimate of drug-likeness (QED) is 0.470. The molecule has 32 heavy (non-hydrogen) atoms. The number of carbonyl (C=O) groups is 1. The molecule has 0 aliphatic carbocycles. The third-order valence-corrected chi connectivity index (χ3v) is 4.99. The van der Waals surface area contributed by atoms with Crippen LogP contribution in [-0.4, -0.2) is 30.5 Å². The maximum Gasteiger partial charge on any atom is 0.417 e. The van der Waals surface area contributed by atoms with Gasteiger partial charge in [0, 0.05) is 16.9 Å². The van der Waals surface area contributed by atoms with E-state index in [0.29, 0.717) is 17.3 Å². The van der Waals surface area contributed by atoms with Gasteiger partial charge >= 0.3 is 6.18 Å². The monoisotopic (exact) mass is 462 g/mol. The van der Waals surface area contributed by atoms with E-state index in [1.807, 2.05) is 18.2 Å². The van der Waals surface area contributed by atoms with Gasteiger partial charge in [-0.15, -0.1) is 0 Å². The lowest BCUT2D eigenvalue weighted by atomic mass is 10.1. The fourth-order valence-corrected chi connectivity index (χ4v) is 3.70. The standard InChI is InChI=1S/C21H18ClF3N6O/c1-12-6-17(21(23,24)25)19-13(2)29-31(20(19)27-12)11-18(32)28-16-8-26-30(10-16)9-14-4-3-5-15(22)7-14/h3-8,10H,9,11H2,1-2H3,(H,28,32). The summed E-state index contributed by atoms with van der Waals surface area (Å²) < 4.78 is 43.2. The Hall–Kier alpha value is -3.40. The summed E-state index contributed by atoms with van der Waals surface area (Å²) in [5.74, 6) is -0.464. The van der Waals surface area contributed by atoms with Crippen molar-refractivity contribution in [3.63, 3.8) is 0 Å². The molecular weight excluding hydrogens is 445 g/mol. The third kappa shape index (κ3) is 4.59. The maximum atomic E-state index is 13.5. The molecule has 0 bridgehead atoms. The number of alkyl halides is 3. The zero-order chi connectivity index (χ0) is 23.0. The van der Waals surface area contributed by atoms with Gasteiger partial charge in [0.1, 0.15) is 6.54 Å². The van der Waals surface area contributed by atoms with Crippen LogP contribution in [0.2, 0.25) is 5.02 Å². The van der Waals surface area contributed by atoms with Gasteiger partial charge in [0.05, 0.1) is 35.1 Å². The van der Waals surface area contributed by atoms with E-state index in [1.54, 1.807) is 16.9 Å². The topological polar surface area (TPSA) is 77.6 Å². The normalized spacial score (nSPS) is 11.8. The zero-order valence-corrected chi connectivity index (χ0v) is 17.9. The Morgan fingerprint density at radius 1 is 1.22 bits per heavy atom. The van der Waals surface area contributed by atoms with E-state index in [0.717, 1.165) is 11.6 Å². The van der Waals surface area contributed by atoms with Crippen LogP contribution in [0.5, 0.6) is 0 Å². The highest BCUT2D eigenvalue weighted by molar-refractivity contribution is 6.30. The molecule has 0 saturated heterocycles. The lowest BCUT2D eigenvalue weighted by Crippen LogP contribution is -2.19. The minimum Gasteiger partial charge on any atom is -0.322 e. The fourth-order valence-electron chi connectivity index (χ4n) is 3.49. The first kappa shape index (κ1) is 21.8. The van der Waals surface area contributed by atoms with Crippen molar-refractivity contribution in [3.05, 3.63) is 70.3 Å². The Balaban J connectivity index is 1.52. The smallest absolute Gasteiger partial charge is 0.322 e. The predicted molar refractivity (Wildman–Crippen MR) is 113 cm³/mol. The van der Waals surface area contributed by atoms with E-state index in [-0.39, 0.29) is 29.0 Å². The van der Waals surface area contributed by atoms with Gasteiger partial charge < -0.3 is 5.32 Å². The molecule has 0 fully saturated rings. The highest BCUT2D eigenvalue weighted by atomic mass is 35.5. The second kappa shape index (κ2) is 8.27. The summed E-state index contributed by atoms with van der Waals surface area (Å²) in [7, 11) is 0. The van der Waals surface area contributed by atoms with E-state index in [2.05, 4.69) is 20.5 Å². The van der Waals surface area contributed by atoms with Crippen molar-refractivity contribution < 1.29 is 18.0 Å². The molecule has 7 nitrogen and oxygen atoms in total. The maximum absolute atomic E-state index is 13.5. The van der Waals surface area contributed by atoms with Crippen LogP contribution < -0.4 is 5.32 Å². The number of nitrogens with one attached hydrogen (secondary N) is 1. The molecule has 1 N–H and O–H groups in total. The van der Waals surface area contributed by atoms with E-state index < -0.39 is 17.6 Å². The number of rotatable bonds is 5. The first-order valence-corrected chi connectivity index (χ1v) is 9.96. The van der Waals surface area contributed by atoms with E-state index in [1.165, 1.54) is 24.7 Å². The number of hydrogen-bond donors (Lipinski definition) is 1. The number of fused-ring (bicyclic) bond motifs is 1. The number of amides is 1. The second-order valence-corrected chi connectivity index (χ2v) is 7.79. The number of hydrogen-bond acceptors (Lipinski definition) is 4. The Kier molecular flexibility index (Phi) is 5.64. The minimum absolute atomic E-state index is 0.0154. The molecule has 3 aromatic heterocycles. The summed E-state index contributed by atoms with van der Waals surface area (Å²) in [5.41, 5.74) is 0.938. The van der Waals surface area contributed by atoms with Crippen LogP contribution >= 0.6 is 11.6 Å². The van der Waals surface area contributed by atoms with Crippen LogP contribution in [0, 0.1) is 13.8 Å². The lowest BCUT2D eigenvalue weighted by molar-refractivity contribution is -0.136. The molecule has 3 heterocycles. The van der Waals surface area contributed by atoms with Crippen LogP contribution in [0.1, 0.15) is 22.5 Å². The number of anilines is 1. The average Bonchev–Trinajstić information content (AvgIpc) is 3.24. The highest BCUT2D eigenvalue weighted by Gasteiger charge is 2.35. The fraction of sp³-hybridized carbons (Fsp3) is 0.238.